The van der Waals surface area contributed by atoms with Crippen LogP contribution in [0.15, 0.2) is 58.7 Å². The number of halogens is 3. The highest BCUT2D eigenvalue weighted by molar-refractivity contribution is 6.43. The fourth-order valence-corrected chi connectivity index (χ4v) is 2.05. The Kier molecular flexibility index (Phi) is 4.90. The van der Waals surface area contributed by atoms with Gasteiger partial charge in [0.25, 0.3) is 0 Å². The van der Waals surface area contributed by atoms with Crippen molar-refractivity contribution in [1.82, 2.24) is 0 Å². The average Bonchev–Trinajstić information content (AvgIpc) is 2.81. The molecule has 0 saturated heterocycles. The molecule has 0 heterocycles. The first-order valence-corrected chi connectivity index (χ1v) is 7.88. The molecule has 2 aromatic rings. The number of alkyl halides is 3. The highest BCUT2D eigenvalue weighted by Crippen LogP contribution is 2.29. The van der Waals surface area contributed by atoms with Crippen molar-refractivity contribution in [2.24, 2.45) is 10.3 Å². The van der Waals surface area contributed by atoms with E-state index >= 15 is 0 Å². The summed E-state index contributed by atoms with van der Waals surface area (Å²) in [6.07, 6.45) is -4.63. The number of esters is 1. The van der Waals surface area contributed by atoms with Crippen LogP contribution in [0.4, 0.5) is 13.2 Å². The Bertz CT molecular complexity index is 1200. The molecule has 0 amide bonds. The summed E-state index contributed by atoms with van der Waals surface area (Å²) in [7, 11) is 2.01. The molecule has 6 nitrogen and oxygen atoms in total. The molecule has 9 heteroatoms. The largest absolute Gasteiger partial charge is 0.464 e. The number of carbonyl (C=O) groups is 1. The molecule has 2 aromatic carbocycles. The van der Waals surface area contributed by atoms with Crippen LogP contribution in [0.25, 0.3) is 0 Å². The molecule has 0 radical (unpaired) electrons. The van der Waals surface area contributed by atoms with E-state index in [1.54, 1.807) is 0 Å². The zero-order chi connectivity index (χ0) is 26.7. The maximum Gasteiger partial charge on any atom is 0.416 e. The van der Waals surface area contributed by atoms with Crippen molar-refractivity contribution in [3.63, 3.8) is 0 Å². The quantitative estimate of drug-likeness (QED) is 0.387. The fraction of sp³-hybridized carbons (Fsp3) is 0.250. The minimum Gasteiger partial charge on any atom is -0.464 e. The predicted octanol–water partition coefficient (Wildman–Crippen LogP) is 4.17. The molecule has 0 spiro atoms. The Labute approximate surface area is 174 Å². The lowest BCUT2D eigenvalue weighted by atomic mass is 10.0. The molecule has 0 aliphatic carbocycles. The normalized spacial score (nSPS) is 15.9. The van der Waals surface area contributed by atoms with Crippen molar-refractivity contribution in [3.8, 4) is 0 Å². The SMILES string of the molecule is [2H]c1c([2H])c([2H])c(C([2H])([2H])O/N=C(/C)c2cccc(C(F)(F)F)c2)c(/C(=N/OC)C(=O)OC)c1[2H]. The van der Waals surface area contributed by atoms with E-state index in [0.717, 1.165) is 32.4 Å². The van der Waals surface area contributed by atoms with Crippen LogP contribution in [-0.4, -0.2) is 31.6 Å². The molecule has 29 heavy (non-hydrogen) atoms. The van der Waals surface area contributed by atoms with Crippen LogP contribution in [0.1, 0.15) is 37.4 Å². The highest BCUT2D eigenvalue weighted by Gasteiger charge is 2.30. The minimum absolute atomic E-state index is 0.0398. The van der Waals surface area contributed by atoms with Gasteiger partial charge in [0.1, 0.15) is 13.7 Å². The molecule has 0 unspecified atom stereocenters. The fourth-order valence-electron chi connectivity index (χ4n) is 2.05. The van der Waals surface area contributed by atoms with Gasteiger partial charge in [0.15, 0.2) is 5.71 Å². The van der Waals surface area contributed by atoms with E-state index in [4.69, 9.17) is 13.1 Å². The van der Waals surface area contributed by atoms with Crippen molar-refractivity contribution in [3.05, 3.63) is 70.7 Å². The highest BCUT2D eigenvalue weighted by atomic mass is 19.4. The van der Waals surface area contributed by atoms with E-state index in [9.17, 15) is 18.0 Å². The molecule has 0 aliphatic rings. The van der Waals surface area contributed by atoms with E-state index in [-0.39, 0.29) is 11.3 Å². The summed E-state index contributed by atoms with van der Waals surface area (Å²) >= 11 is 0. The van der Waals surface area contributed by atoms with Gasteiger partial charge in [-0.15, -0.1) is 0 Å². The number of oxime groups is 2. The van der Waals surface area contributed by atoms with Gasteiger partial charge < -0.3 is 14.4 Å². The summed E-state index contributed by atoms with van der Waals surface area (Å²) in [4.78, 5) is 21.7. The predicted molar refractivity (Wildman–Crippen MR) is 100 cm³/mol. The topological polar surface area (TPSA) is 69.5 Å². The van der Waals surface area contributed by atoms with Crippen LogP contribution in [0.2, 0.25) is 0 Å². The molecule has 0 N–H and O–H groups in total. The van der Waals surface area contributed by atoms with Gasteiger partial charge in [-0.1, -0.05) is 46.6 Å². The van der Waals surface area contributed by atoms with Gasteiger partial charge >= 0.3 is 12.1 Å². The van der Waals surface area contributed by atoms with Crippen LogP contribution in [0, 0.1) is 0 Å². The second-order valence-electron chi connectivity index (χ2n) is 5.31. The summed E-state index contributed by atoms with van der Waals surface area (Å²) < 4.78 is 92.2. The van der Waals surface area contributed by atoms with E-state index < -0.39 is 65.3 Å². The van der Waals surface area contributed by atoms with Gasteiger partial charge in [0.2, 0.25) is 0 Å². The monoisotopic (exact) mass is 414 g/mol. The van der Waals surface area contributed by atoms with E-state index in [0.29, 0.717) is 0 Å². The maximum absolute atomic E-state index is 13.0. The van der Waals surface area contributed by atoms with Crippen molar-refractivity contribution < 1.29 is 40.6 Å². The van der Waals surface area contributed by atoms with E-state index in [1.807, 2.05) is 0 Å². The second-order valence-corrected chi connectivity index (χ2v) is 5.31. The van der Waals surface area contributed by atoms with Crippen LogP contribution >= 0.6 is 0 Å². The minimum atomic E-state index is -4.63. The smallest absolute Gasteiger partial charge is 0.416 e. The molecule has 0 aromatic heterocycles. The summed E-state index contributed by atoms with van der Waals surface area (Å²) in [6, 6.07) is 0.627. The van der Waals surface area contributed by atoms with Gasteiger partial charge in [-0.05, 0) is 24.6 Å². The van der Waals surface area contributed by atoms with Gasteiger partial charge in [0.05, 0.1) is 26.6 Å². The lowest BCUT2D eigenvalue weighted by Crippen LogP contribution is -2.19. The van der Waals surface area contributed by atoms with Crippen LogP contribution in [0.5, 0.6) is 0 Å². The average molecular weight is 414 g/mol. The Morgan fingerprint density at radius 1 is 1.21 bits per heavy atom. The van der Waals surface area contributed by atoms with E-state index in [1.165, 1.54) is 13.0 Å². The third-order valence-corrected chi connectivity index (χ3v) is 3.42. The van der Waals surface area contributed by atoms with Crippen molar-refractivity contribution in [1.29, 1.82) is 0 Å². The third kappa shape index (κ3) is 5.81. The lowest BCUT2D eigenvalue weighted by Gasteiger charge is -2.10. The number of nitrogens with zero attached hydrogens (tertiary/aromatic N) is 2. The third-order valence-electron chi connectivity index (χ3n) is 3.42. The first-order chi connectivity index (χ1) is 16.2. The number of hydrogen-bond acceptors (Lipinski definition) is 6. The lowest BCUT2D eigenvalue weighted by molar-refractivity contribution is -0.137. The standard InChI is InChI=1S/C20H19F3N2O4/c1-13(14-8-6-9-16(11-14)20(21,22)23)24-29-12-15-7-4-5-10-17(15)18(25-28-3)19(26)27-2/h4-11H,12H2,1-3H3/b24-13-,25-18-/i4D,5D,7D,10D,12D2. The summed E-state index contributed by atoms with van der Waals surface area (Å²) in [5.41, 5.74) is -3.51. The zero-order valence-corrected chi connectivity index (χ0v) is 15.5. The van der Waals surface area contributed by atoms with Gasteiger partial charge in [-0.2, -0.15) is 13.2 Å². The summed E-state index contributed by atoms with van der Waals surface area (Å²) in [6.45, 7) is -1.86. The number of hydrogen-bond donors (Lipinski definition) is 0. The van der Waals surface area contributed by atoms with Crippen LogP contribution in [0.3, 0.4) is 0 Å². The molecule has 2 rings (SSSR count). The Morgan fingerprint density at radius 3 is 2.59 bits per heavy atom. The molecule has 154 valence electrons. The Morgan fingerprint density at radius 2 is 1.93 bits per heavy atom. The number of carbonyl (C=O) groups excluding carboxylic acids is 1. The second kappa shape index (κ2) is 9.72. The van der Waals surface area contributed by atoms with Gasteiger partial charge in [0, 0.05) is 11.1 Å². The van der Waals surface area contributed by atoms with Gasteiger partial charge in [-0.3, -0.25) is 0 Å². The van der Waals surface area contributed by atoms with Gasteiger partial charge in [-0.25, -0.2) is 4.79 Å². The summed E-state index contributed by atoms with van der Waals surface area (Å²) in [5, 5.41) is 6.95. The molecule has 0 aliphatic heterocycles. The van der Waals surface area contributed by atoms with Crippen molar-refractivity contribution >= 4 is 17.4 Å². The first-order valence-electron chi connectivity index (χ1n) is 10.9. The number of benzene rings is 2. The molecular formula is C20H19F3N2O4. The molecular weight excluding hydrogens is 389 g/mol. The van der Waals surface area contributed by atoms with Crippen LogP contribution in [-0.2, 0) is 31.9 Å². The number of rotatable bonds is 7. The van der Waals surface area contributed by atoms with Crippen molar-refractivity contribution in [2.45, 2.75) is 19.7 Å². The molecule has 0 atom stereocenters. The molecule has 0 bridgehead atoms. The first kappa shape index (κ1) is 14.6. The number of ether oxygens (including phenoxy) is 1. The summed E-state index contributed by atoms with van der Waals surface area (Å²) in [5.74, 6) is -1.20. The zero-order valence-electron chi connectivity index (χ0n) is 21.5. The Balaban J connectivity index is 2.67. The molecule has 0 fully saturated rings. The maximum atomic E-state index is 13.0. The molecule has 0 saturated carbocycles. The van der Waals surface area contributed by atoms with E-state index in [2.05, 4.69) is 19.9 Å². The number of methoxy groups -OCH3 is 1. The van der Waals surface area contributed by atoms with Crippen LogP contribution < -0.4 is 0 Å². The van der Waals surface area contributed by atoms with Crippen molar-refractivity contribution in [2.75, 3.05) is 14.2 Å². The Hall–Kier alpha value is -3.36.